The van der Waals surface area contributed by atoms with Crippen molar-refractivity contribution in [2.24, 2.45) is 0 Å². The molecule has 2 aromatic rings. The topological polar surface area (TPSA) is 113 Å². The Morgan fingerprint density at radius 1 is 0.963 bits per heavy atom. The number of benzene rings is 2. The van der Waals surface area contributed by atoms with Crippen LogP contribution in [-0.4, -0.2) is 25.4 Å². The number of aryl methyl sites for hydroxylation is 3. The van der Waals surface area contributed by atoms with Crippen molar-refractivity contribution in [3.05, 3.63) is 53.1 Å². The third kappa shape index (κ3) is 5.55. The van der Waals surface area contributed by atoms with E-state index in [4.69, 9.17) is 5.11 Å². The minimum atomic E-state index is -3.78. The van der Waals surface area contributed by atoms with E-state index in [1.807, 2.05) is 32.9 Å². The summed E-state index contributed by atoms with van der Waals surface area (Å²) in [6.45, 7) is 5.63. The number of hydrogen-bond donors (Lipinski definition) is 3. The standard InChI is InChI=1S/C19H22N2O5S/c1-12-10-13(2)19(14(3)11-12)21-27(25,26)16-6-4-15(5-7-16)20-17(22)8-9-18(23)24/h4-7,10-11,21H,8-9H2,1-3H3,(H,20,22)(H,23,24). The van der Waals surface area contributed by atoms with Crippen LogP contribution in [0.15, 0.2) is 41.3 Å². The van der Waals surface area contributed by atoms with Crippen molar-refractivity contribution in [3.8, 4) is 0 Å². The number of carboxylic acid groups (broad SMARTS) is 1. The number of anilines is 2. The first-order valence-corrected chi connectivity index (χ1v) is 9.79. The van der Waals surface area contributed by atoms with Crippen molar-refractivity contribution in [2.75, 3.05) is 10.0 Å². The normalized spacial score (nSPS) is 11.1. The Morgan fingerprint density at radius 3 is 2.04 bits per heavy atom. The predicted molar refractivity (Wildman–Crippen MR) is 103 cm³/mol. The smallest absolute Gasteiger partial charge is 0.303 e. The van der Waals surface area contributed by atoms with Crippen LogP contribution in [0.2, 0.25) is 0 Å². The summed E-state index contributed by atoms with van der Waals surface area (Å²) in [6.07, 6.45) is -0.416. The molecule has 0 bridgehead atoms. The molecule has 0 aliphatic carbocycles. The van der Waals surface area contributed by atoms with E-state index in [2.05, 4.69) is 10.0 Å². The maximum Gasteiger partial charge on any atom is 0.303 e. The highest BCUT2D eigenvalue weighted by atomic mass is 32.2. The first kappa shape index (κ1) is 20.4. The molecule has 0 aromatic heterocycles. The fourth-order valence-electron chi connectivity index (χ4n) is 2.70. The Kier molecular flexibility index (Phi) is 6.22. The van der Waals surface area contributed by atoms with Gasteiger partial charge in [-0.3, -0.25) is 14.3 Å². The van der Waals surface area contributed by atoms with Gasteiger partial charge in [0.05, 0.1) is 17.0 Å². The Hall–Kier alpha value is -2.87. The molecule has 8 heteroatoms. The molecule has 0 unspecified atom stereocenters. The van der Waals surface area contributed by atoms with E-state index in [0.717, 1.165) is 16.7 Å². The predicted octanol–water partition coefficient (Wildman–Crippen LogP) is 3.22. The fraction of sp³-hybridized carbons (Fsp3) is 0.263. The molecule has 0 spiro atoms. The van der Waals surface area contributed by atoms with E-state index in [-0.39, 0.29) is 17.7 Å². The molecule has 7 nitrogen and oxygen atoms in total. The molecule has 0 fully saturated rings. The highest BCUT2D eigenvalue weighted by Gasteiger charge is 2.17. The van der Waals surface area contributed by atoms with Crippen LogP contribution in [-0.2, 0) is 19.6 Å². The van der Waals surface area contributed by atoms with Crippen LogP contribution in [0.1, 0.15) is 29.5 Å². The summed E-state index contributed by atoms with van der Waals surface area (Å²) < 4.78 is 27.9. The van der Waals surface area contributed by atoms with Crippen LogP contribution in [0.4, 0.5) is 11.4 Å². The van der Waals surface area contributed by atoms with Gasteiger partial charge in [-0.05, 0) is 56.2 Å². The van der Waals surface area contributed by atoms with Crippen molar-refractivity contribution in [1.82, 2.24) is 0 Å². The van der Waals surface area contributed by atoms with E-state index in [1.54, 1.807) is 0 Å². The quantitative estimate of drug-likeness (QED) is 0.672. The van der Waals surface area contributed by atoms with Crippen LogP contribution >= 0.6 is 0 Å². The summed E-state index contributed by atoms with van der Waals surface area (Å²) in [5, 5.41) is 11.1. The molecule has 2 rings (SSSR count). The van der Waals surface area contributed by atoms with Crippen LogP contribution in [0.25, 0.3) is 0 Å². The van der Waals surface area contributed by atoms with Crippen molar-refractivity contribution in [2.45, 2.75) is 38.5 Å². The fourth-order valence-corrected chi connectivity index (χ4v) is 3.90. The van der Waals surface area contributed by atoms with E-state index >= 15 is 0 Å². The summed E-state index contributed by atoms with van der Waals surface area (Å²) >= 11 is 0. The first-order chi connectivity index (χ1) is 12.6. The lowest BCUT2D eigenvalue weighted by atomic mass is 10.1. The van der Waals surface area contributed by atoms with Gasteiger partial charge in [0.15, 0.2) is 0 Å². The van der Waals surface area contributed by atoms with Gasteiger partial charge in [-0.2, -0.15) is 0 Å². The van der Waals surface area contributed by atoms with Gasteiger partial charge in [0, 0.05) is 12.1 Å². The van der Waals surface area contributed by atoms with E-state index in [1.165, 1.54) is 24.3 Å². The van der Waals surface area contributed by atoms with Gasteiger partial charge in [0.25, 0.3) is 10.0 Å². The van der Waals surface area contributed by atoms with Gasteiger partial charge in [-0.1, -0.05) is 17.7 Å². The molecule has 0 atom stereocenters. The molecule has 0 aliphatic heterocycles. The Balaban J connectivity index is 2.14. The molecule has 0 saturated carbocycles. The zero-order valence-corrected chi connectivity index (χ0v) is 16.2. The summed E-state index contributed by atoms with van der Waals surface area (Å²) in [5.74, 6) is -1.50. The van der Waals surface area contributed by atoms with Gasteiger partial charge in [0.1, 0.15) is 0 Å². The lowest BCUT2D eigenvalue weighted by Gasteiger charge is -2.14. The minimum Gasteiger partial charge on any atom is -0.481 e. The number of nitrogens with one attached hydrogen (secondary N) is 2. The number of hydrogen-bond acceptors (Lipinski definition) is 4. The van der Waals surface area contributed by atoms with Gasteiger partial charge in [-0.25, -0.2) is 8.42 Å². The van der Waals surface area contributed by atoms with Crippen LogP contribution in [0, 0.1) is 20.8 Å². The molecule has 0 radical (unpaired) electrons. The SMILES string of the molecule is Cc1cc(C)c(NS(=O)(=O)c2ccc(NC(=O)CCC(=O)O)cc2)c(C)c1. The van der Waals surface area contributed by atoms with Crippen LogP contribution in [0.3, 0.4) is 0 Å². The monoisotopic (exact) mass is 390 g/mol. The second kappa shape index (κ2) is 8.22. The lowest BCUT2D eigenvalue weighted by molar-refractivity contribution is -0.138. The minimum absolute atomic E-state index is 0.0606. The number of rotatable bonds is 7. The molecule has 1 amide bonds. The van der Waals surface area contributed by atoms with Gasteiger partial charge in [0.2, 0.25) is 5.91 Å². The summed E-state index contributed by atoms with van der Waals surface area (Å²) in [5.41, 5.74) is 3.66. The van der Waals surface area contributed by atoms with Crippen molar-refractivity contribution in [1.29, 1.82) is 0 Å². The molecule has 3 N–H and O–H groups in total. The first-order valence-electron chi connectivity index (χ1n) is 8.31. The van der Waals surface area contributed by atoms with Gasteiger partial charge in [-0.15, -0.1) is 0 Å². The molecule has 2 aromatic carbocycles. The Labute approximate surface area is 158 Å². The third-order valence-corrected chi connectivity index (χ3v) is 5.29. The van der Waals surface area contributed by atoms with Gasteiger partial charge < -0.3 is 10.4 Å². The number of amides is 1. The van der Waals surface area contributed by atoms with Crippen molar-refractivity contribution >= 4 is 33.3 Å². The number of aliphatic carboxylic acids is 1. The number of carbonyl (C=O) groups excluding carboxylic acids is 1. The van der Waals surface area contributed by atoms with E-state index < -0.39 is 21.9 Å². The van der Waals surface area contributed by atoms with Crippen molar-refractivity contribution in [3.63, 3.8) is 0 Å². The largest absolute Gasteiger partial charge is 0.481 e. The summed E-state index contributed by atoms with van der Waals surface area (Å²) in [7, 11) is -3.78. The zero-order chi connectivity index (χ0) is 20.2. The van der Waals surface area contributed by atoms with Gasteiger partial charge >= 0.3 is 5.97 Å². The molecule has 0 saturated heterocycles. The molecule has 0 aliphatic rings. The van der Waals surface area contributed by atoms with Crippen molar-refractivity contribution < 1.29 is 23.1 Å². The molecular formula is C19H22N2O5S. The molecule has 27 heavy (non-hydrogen) atoms. The second-order valence-corrected chi connectivity index (χ2v) is 8.03. The zero-order valence-electron chi connectivity index (χ0n) is 15.4. The number of carboxylic acids is 1. The van der Waals surface area contributed by atoms with E-state index in [9.17, 15) is 18.0 Å². The molecule has 144 valence electrons. The second-order valence-electron chi connectivity index (χ2n) is 6.35. The molecule has 0 heterocycles. The number of sulfonamides is 1. The van der Waals surface area contributed by atoms with Crippen LogP contribution < -0.4 is 10.0 Å². The molecular weight excluding hydrogens is 368 g/mol. The Bertz CT molecular complexity index is 943. The van der Waals surface area contributed by atoms with E-state index in [0.29, 0.717) is 11.4 Å². The summed E-state index contributed by atoms with van der Waals surface area (Å²) in [4.78, 5) is 22.2. The maximum absolute atomic E-state index is 12.6. The highest BCUT2D eigenvalue weighted by Crippen LogP contribution is 2.25. The lowest BCUT2D eigenvalue weighted by Crippen LogP contribution is -2.15. The van der Waals surface area contributed by atoms with Crippen LogP contribution in [0.5, 0.6) is 0 Å². The average molecular weight is 390 g/mol. The summed E-state index contributed by atoms with van der Waals surface area (Å²) in [6, 6.07) is 9.49. The number of carbonyl (C=O) groups is 2. The Morgan fingerprint density at radius 2 is 1.52 bits per heavy atom. The third-order valence-electron chi connectivity index (χ3n) is 3.93. The highest BCUT2D eigenvalue weighted by molar-refractivity contribution is 7.92. The average Bonchev–Trinajstić information content (AvgIpc) is 2.57. The maximum atomic E-state index is 12.6.